The molecule has 0 unspecified atom stereocenters. The Balaban J connectivity index is 1.81. The van der Waals surface area contributed by atoms with Gasteiger partial charge in [0.2, 0.25) is 0 Å². The molecule has 0 saturated heterocycles. The lowest BCUT2D eigenvalue weighted by Gasteiger charge is -2.22. The van der Waals surface area contributed by atoms with Crippen LogP contribution in [0.4, 0.5) is 0 Å². The van der Waals surface area contributed by atoms with Gasteiger partial charge in [0.15, 0.2) is 5.96 Å². The summed E-state index contributed by atoms with van der Waals surface area (Å²) in [5.74, 6) is 0.708. The summed E-state index contributed by atoms with van der Waals surface area (Å²) < 4.78 is 0. The lowest BCUT2D eigenvalue weighted by atomic mass is 9.92. The van der Waals surface area contributed by atoms with Crippen molar-refractivity contribution in [1.29, 1.82) is 0 Å². The Kier molecular flexibility index (Phi) is 7.66. The first-order valence-electron chi connectivity index (χ1n) is 8.92. The normalized spacial score (nSPS) is 11.9. The molecule has 0 spiro atoms. The molecule has 0 radical (unpaired) electrons. The highest BCUT2D eigenvalue weighted by Crippen LogP contribution is 2.27. The first-order valence-corrected chi connectivity index (χ1v) is 9.80. The van der Waals surface area contributed by atoms with Crippen LogP contribution < -0.4 is 16.0 Å². The van der Waals surface area contributed by atoms with Crippen molar-refractivity contribution in [2.75, 3.05) is 26.2 Å². The average molecular weight is 373 g/mol. The zero-order valence-electron chi connectivity index (χ0n) is 15.7. The number of aliphatic imine (C=N–C) groups is 1. The van der Waals surface area contributed by atoms with Gasteiger partial charge in [0, 0.05) is 35.5 Å². The van der Waals surface area contributed by atoms with Gasteiger partial charge in [0.1, 0.15) is 0 Å². The molecule has 6 heteroatoms. The summed E-state index contributed by atoms with van der Waals surface area (Å²) >= 11 is 1.76. The maximum absolute atomic E-state index is 12.0. The number of thiophene rings is 1. The molecule has 0 aliphatic heterocycles. The lowest BCUT2D eigenvalue weighted by Crippen LogP contribution is -2.42. The Morgan fingerprint density at radius 2 is 1.77 bits per heavy atom. The number of carbonyl (C=O) groups is 1. The first kappa shape index (κ1) is 20.0. The van der Waals surface area contributed by atoms with Crippen molar-refractivity contribution >= 4 is 23.2 Å². The molecule has 1 heterocycles. The zero-order valence-corrected chi connectivity index (χ0v) is 16.5. The minimum atomic E-state index is -0.0619. The van der Waals surface area contributed by atoms with Crippen molar-refractivity contribution in [2.24, 2.45) is 4.99 Å². The molecule has 5 nitrogen and oxygen atoms in total. The summed E-state index contributed by atoms with van der Waals surface area (Å²) in [4.78, 5) is 18.1. The Morgan fingerprint density at radius 3 is 2.42 bits per heavy atom. The van der Waals surface area contributed by atoms with Gasteiger partial charge in [-0.2, -0.15) is 0 Å². The third-order valence-electron chi connectivity index (χ3n) is 3.90. The van der Waals surface area contributed by atoms with Gasteiger partial charge in [-0.3, -0.25) is 9.79 Å². The van der Waals surface area contributed by atoms with Crippen LogP contribution in [0.3, 0.4) is 0 Å². The van der Waals surface area contributed by atoms with Crippen molar-refractivity contribution in [1.82, 2.24) is 16.0 Å². The van der Waals surface area contributed by atoms with Crippen LogP contribution in [-0.2, 0) is 5.41 Å². The summed E-state index contributed by atoms with van der Waals surface area (Å²) in [6.45, 7) is 9.08. The smallest absolute Gasteiger partial charge is 0.251 e. The molecule has 0 aliphatic carbocycles. The van der Waals surface area contributed by atoms with Crippen LogP contribution in [0, 0.1) is 0 Å². The van der Waals surface area contributed by atoms with E-state index >= 15 is 0 Å². The predicted molar refractivity (Wildman–Crippen MR) is 110 cm³/mol. The second-order valence-electron chi connectivity index (χ2n) is 6.61. The molecule has 1 aromatic carbocycles. The molecular formula is C20H28N4OS. The number of benzene rings is 1. The summed E-state index contributed by atoms with van der Waals surface area (Å²) in [7, 11) is 0. The predicted octanol–water partition coefficient (Wildman–Crippen LogP) is 3.01. The third-order valence-corrected chi connectivity index (χ3v) is 5.14. The van der Waals surface area contributed by atoms with Gasteiger partial charge in [-0.05, 0) is 30.5 Å². The van der Waals surface area contributed by atoms with E-state index in [0.717, 1.165) is 12.5 Å². The highest BCUT2D eigenvalue weighted by Gasteiger charge is 2.21. The molecule has 0 bridgehead atoms. The number of amides is 1. The summed E-state index contributed by atoms with van der Waals surface area (Å²) in [6.07, 6.45) is 0. The molecule has 2 rings (SSSR count). The number of hydrogen-bond donors (Lipinski definition) is 3. The fraction of sp³-hybridized carbons (Fsp3) is 0.400. The van der Waals surface area contributed by atoms with Crippen LogP contribution in [0.2, 0.25) is 0 Å². The van der Waals surface area contributed by atoms with Gasteiger partial charge in [-0.1, -0.05) is 38.1 Å². The zero-order chi connectivity index (χ0) is 18.8. The standard InChI is InChI=1S/C20H28N4OS/c1-4-21-19(24-15-20(2,3)17-11-8-14-26-17)23-13-12-22-18(25)16-9-6-5-7-10-16/h5-11,14H,4,12-13,15H2,1-3H3,(H,22,25)(H2,21,23,24). The van der Waals surface area contributed by atoms with Crippen molar-refractivity contribution in [3.05, 3.63) is 58.3 Å². The van der Waals surface area contributed by atoms with Crippen LogP contribution >= 0.6 is 11.3 Å². The molecule has 0 saturated carbocycles. The van der Waals surface area contributed by atoms with E-state index in [4.69, 9.17) is 4.99 Å². The molecule has 0 fully saturated rings. The molecule has 0 atom stereocenters. The number of nitrogens with zero attached hydrogens (tertiary/aromatic N) is 1. The number of rotatable bonds is 8. The van der Waals surface area contributed by atoms with Gasteiger partial charge < -0.3 is 16.0 Å². The molecule has 140 valence electrons. The van der Waals surface area contributed by atoms with E-state index in [1.165, 1.54) is 4.88 Å². The van der Waals surface area contributed by atoms with E-state index in [0.29, 0.717) is 25.2 Å². The fourth-order valence-electron chi connectivity index (χ4n) is 2.41. The molecule has 26 heavy (non-hydrogen) atoms. The van der Waals surface area contributed by atoms with E-state index in [2.05, 4.69) is 47.3 Å². The summed E-state index contributed by atoms with van der Waals surface area (Å²) in [5.41, 5.74) is 0.670. The molecule has 2 aromatic rings. The highest BCUT2D eigenvalue weighted by atomic mass is 32.1. The topological polar surface area (TPSA) is 65.5 Å². The number of nitrogens with one attached hydrogen (secondary N) is 3. The van der Waals surface area contributed by atoms with Crippen LogP contribution in [0.1, 0.15) is 36.0 Å². The lowest BCUT2D eigenvalue weighted by molar-refractivity contribution is 0.0954. The second kappa shape index (κ2) is 9.97. The first-order chi connectivity index (χ1) is 12.5. The Labute approximate surface area is 159 Å². The third kappa shape index (κ3) is 6.19. The molecular weight excluding hydrogens is 344 g/mol. The van der Waals surface area contributed by atoms with Gasteiger partial charge in [-0.25, -0.2) is 0 Å². The Bertz CT molecular complexity index is 696. The largest absolute Gasteiger partial charge is 0.357 e. The van der Waals surface area contributed by atoms with Crippen molar-refractivity contribution in [2.45, 2.75) is 26.2 Å². The van der Waals surface area contributed by atoms with E-state index in [1.807, 2.05) is 25.1 Å². The summed E-state index contributed by atoms with van der Waals surface area (Å²) in [5, 5.41) is 11.5. The molecule has 1 amide bonds. The summed E-state index contributed by atoms with van der Waals surface area (Å²) in [6, 6.07) is 13.5. The van der Waals surface area contributed by atoms with Gasteiger partial charge in [0.05, 0.1) is 6.54 Å². The molecule has 3 N–H and O–H groups in total. The monoisotopic (exact) mass is 372 g/mol. The van der Waals surface area contributed by atoms with E-state index < -0.39 is 0 Å². The van der Waals surface area contributed by atoms with Crippen LogP contribution in [-0.4, -0.2) is 38.0 Å². The Morgan fingerprint density at radius 1 is 1.04 bits per heavy atom. The molecule has 1 aromatic heterocycles. The number of carbonyl (C=O) groups excluding carboxylic acids is 1. The van der Waals surface area contributed by atoms with Crippen molar-refractivity contribution in [3.63, 3.8) is 0 Å². The van der Waals surface area contributed by atoms with Crippen LogP contribution in [0.15, 0.2) is 52.8 Å². The van der Waals surface area contributed by atoms with E-state index in [1.54, 1.807) is 23.5 Å². The van der Waals surface area contributed by atoms with Crippen LogP contribution in [0.5, 0.6) is 0 Å². The average Bonchev–Trinajstić information content (AvgIpc) is 3.19. The minimum Gasteiger partial charge on any atom is -0.357 e. The van der Waals surface area contributed by atoms with Gasteiger partial charge in [-0.15, -0.1) is 11.3 Å². The SMILES string of the molecule is CCNC(=NCC(C)(C)c1cccs1)NCCNC(=O)c1ccccc1. The Hall–Kier alpha value is -2.34. The van der Waals surface area contributed by atoms with Crippen molar-refractivity contribution in [3.8, 4) is 0 Å². The van der Waals surface area contributed by atoms with E-state index in [9.17, 15) is 4.79 Å². The highest BCUT2D eigenvalue weighted by molar-refractivity contribution is 7.10. The number of guanidine groups is 1. The van der Waals surface area contributed by atoms with Gasteiger partial charge >= 0.3 is 0 Å². The second-order valence-corrected chi connectivity index (χ2v) is 7.55. The minimum absolute atomic E-state index is 0.00194. The quantitative estimate of drug-likeness (QED) is 0.379. The fourth-order valence-corrected chi connectivity index (χ4v) is 3.25. The maximum atomic E-state index is 12.0. The van der Waals surface area contributed by atoms with Crippen LogP contribution in [0.25, 0.3) is 0 Å². The van der Waals surface area contributed by atoms with E-state index in [-0.39, 0.29) is 11.3 Å². The van der Waals surface area contributed by atoms with Crippen molar-refractivity contribution < 1.29 is 4.79 Å². The molecule has 0 aliphatic rings. The maximum Gasteiger partial charge on any atom is 0.251 e. The van der Waals surface area contributed by atoms with Gasteiger partial charge in [0.25, 0.3) is 5.91 Å². The number of hydrogen-bond acceptors (Lipinski definition) is 3.